The summed E-state index contributed by atoms with van der Waals surface area (Å²) in [5.74, 6) is 0. The quantitative estimate of drug-likeness (QED) is 0.245. The Balaban J connectivity index is 0.000000221. The number of hydrogen-bond donors (Lipinski definition) is 0. The molecule has 0 radical (unpaired) electrons. The zero-order chi connectivity index (χ0) is 25.0. The topological polar surface area (TPSA) is 104 Å². The van der Waals surface area contributed by atoms with E-state index in [2.05, 4.69) is 11.0 Å². The third kappa shape index (κ3) is 6.13. The predicted molar refractivity (Wildman–Crippen MR) is 131 cm³/mol. The Morgan fingerprint density at radius 2 is 1.60 bits per heavy atom. The molecule has 0 amide bonds. The molecule has 3 heterocycles. The van der Waals surface area contributed by atoms with Gasteiger partial charge < -0.3 is 18.6 Å². The zero-order valence-corrected chi connectivity index (χ0v) is 20.3. The molecule has 0 spiro atoms. The molecule has 1 aliphatic rings. The number of aryl methyl sites for hydroxylation is 2. The summed E-state index contributed by atoms with van der Waals surface area (Å²) >= 11 is 0. The van der Waals surface area contributed by atoms with Crippen molar-refractivity contribution in [2.75, 3.05) is 31.2 Å². The van der Waals surface area contributed by atoms with Crippen molar-refractivity contribution in [3.8, 4) is 11.1 Å². The fourth-order valence-electron chi connectivity index (χ4n) is 3.70. The largest absolute Gasteiger partial charge is 0.744 e. The standard InChI is InChI=1S/C19H19N2O3.C7H8O3S/c1-20-6-4-14(5-7-20)17-12-15-2-3-16(13-18(15)24-19(17)22)21-8-10-23-11-9-21;1-6-2-4-7(5-3-6)11(8,9)10/h2-7,12-13H,8-11H2,1H3;2-5H,1H3,(H,8,9,10)/q+1;/p-1. The highest BCUT2D eigenvalue weighted by molar-refractivity contribution is 7.85. The molecule has 2 aromatic heterocycles. The van der Waals surface area contributed by atoms with Crippen molar-refractivity contribution in [2.45, 2.75) is 11.8 Å². The molecule has 2 aromatic carbocycles. The molecule has 8 nitrogen and oxygen atoms in total. The molecule has 0 saturated carbocycles. The lowest BCUT2D eigenvalue weighted by Gasteiger charge is -2.28. The average Bonchev–Trinajstić information content (AvgIpc) is 2.84. The van der Waals surface area contributed by atoms with Gasteiger partial charge in [0.05, 0.1) is 23.7 Å². The van der Waals surface area contributed by atoms with Gasteiger partial charge in [-0.1, -0.05) is 17.7 Å². The van der Waals surface area contributed by atoms with Crippen LogP contribution in [0.4, 0.5) is 5.69 Å². The molecule has 0 unspecified atom stereocenters. The number of rotatable bonds is 3. The van der Waals surface area contributed by atoms with Gasteiger partial charge in [0, 0.05) is 47.9 Å². The van der Waals surface area contributed by atoms with Crippen molar-refractivity contribution in [1.82, 2.24) is 0 Å². The number of pyridine rings is 1. The summed E-state index contributed by atoms with van der Waals surface area (Å²) in [5.41, 5.74) is 3.75. The van der Waals surface area contributed by atoms with Gasteiger partial charge in [-0.05, 0) is 37.3 Å². The molecular weight excluding hydrogens is 468 g/mol. The van der Waals surface area contributed by atoms with Crippen LogP contribution in [0.3, 0.4) is 0 Å². The molecule has 1 saturated heterocycles. The minimum Gasteiger partial charge on any atom is -0.744 e. The van der Waals surface area contributed by atoms with Crippen molar-refractivity contribution in [1.29, 1.82) is 0 Å². The van der Waals surface area contributed by atoms with Gasteiger partial charge in [0.15, 0.2) is 12.4 Å². The third-order valence-corrected chi connectivity index (χ3v) is 6.54. The van der Waals surface area contributed by atoms with Crippen molar-refractivity contribution in [3.63, 3.8) is 0 Å². The Kier molecular flexibility index (Phi) is 7.30. The van der Waals surface area contributed by atoms with Gasteiger partial charge >= 0.3 is 5.63 Å². The van der Waals surface area contributed by atoms with E-state index in [0.29, 0.717) is 11.1 Å². The van der Waals surface area contributed by atoms with Gasteiger partial charge in [-0.2, -0.15) is 0 Å². The van der Waals surface area contributed by atoms with Crippen LogP contribution in [-0.2, 0) is 21.9 Å². The fourth-order valence-corrected chi connectivity index (χ4v) is 4.17. The first-order valence-corrected chi connectivity index (χ1v) is 12.5. The highest BCUT2D eigenvalue weighted by Gasteiger charge is 2.14. The second-order valence-corrected chi connectivity index (χ2v) is 9.67. The summed E-state index contributed by atoms with van der Waals surface area (Å²) < 4.78 is 44.1. The predicted octanol–water partition coefficient (Wildman–Crippen LogP) is 3.02. The lowest BCUT2D eigenvalue weighted by molar-refractivity contribution is -0.671. The number of hydrogen-bond acceptors (Lipinski definition) is 7. The average molecular weight is 495 g/mol. The first kappa shape index (κ1) is 24.6. The van der Waals surface area contributed by atoms with E-state index in [1.54, 1.807) is 12.1 Å². The molecule has 182 valence electrons. The van der Waals surface area contributed by atoms with E-state index in [9.17, 15) is 17.8 Å². The fraction of sp³-hybridized carbons (Fsp3) is 0.231. The highest BCUT2D eigenvalue weighted by Crippen LogP contribution is 2.25. The van der Waals surface area contributed by atoms with Crippen molar-refractivity contribution < 1.29 is 26.7 Å². The van der Waals surface area contributed by atoms with Crippen LogP contribution >= 0.6 is 0 Å². The van der Waals surface area contributed by atoms with Crippen LogP contribution in [0, 0.1) is 6.92 Å². The first-order valence-electron chi connectivity index (χ1n) is 11.1. The van der Waals surface area contributed by atoms with E-state index in [1.807, 2.05) is 61.3 Å². The maximum atomic E-state index is 12.4. The third-order valence-electron chi connectivity index (χ3n) is 5.69. The zero-order valence-electron chi connectivity index (χ0n) is 19.5. The Bertz CT molecular complexity index is 1470. The molecular formula is C26H26N2O6S. The van der Waals surface area contributed by atoms with Gasteiger partial charge in [0.25, 0.3) is 0 Å². The van der Waals surface area contributed by atoms with Crippen LogP contribution in [0.1, 0.15) is 5.56 Å². The summed E-state index contributed by atoms with van der Waals surface area (Å²) in [6, 6.07) is 17.5. The SMILES string of the molecule is C[n+]1ccc(-c2cc3ccc(N4CCOCC4)cc3oc2=O)cc1.Cc1ccc(S(=O)(=O)[O-])cc1. The lowest BCUT2D eigenvalue weighted by atomic mass is 10.1. The van der Waals surface area contributed by atoms with Gasteiger partial charge in [-0.25, -0.2) is 17.8 Å². The number of ether oxygens (including phenoxy) is 1. The van der Waals surface area contributed by atoms with Crippen LogP contribution in [0.15, 0.2) is 87.2 Å². The molecule has 9 heteroatoms. The van der Waals surface area contributed by atoms with Gasteiger partial charge in [0.2, 0.25) is 0 Å². The number of fused-ring (bicyclic) bond motifs is 1. The summed E-state index contributed by atoms with van der Waals surface area (Å²) in [7, 11) is -2.33. The van der Waals surface area contributed by atoms with E-state index in [0.717, 1.165) is 48.5 Å². The van der Waals surface area contributed by atoms with Crippen molar-refractivity contribution >= 4 is 26.8 Å². The molecule has 35 heavy (non-hydrogen) atoms. The lowest BCUT2D eigenvalue weighted by Crippen LogP contribution is -2.36. The number of aromatic nitrogens is 1. The van der Waals surface area contributed by atoms with Crippen molar-refractivity contribution in [3.05, 3.63) is 89.0 Å². The van der Waals surface area contributed by atoms with Gasteiger partial charge in [0.1, 0.15) is 22.7 Å². The van der Waals surface area contributed by atoms with Gasteiger partial charge in [-0.3, -0.25) is 0 Å². The number of benzene rings is 2. The first-order chi connectivity index (χ1) is 16.7. The smallest absolute Gasteiger partial charge is 0.344 e. The molecule has 0 aliphatic carbocycles. The van der Waals surface area contributed by atoms with E-state index in [-0.39, 0.29) is 10.5 Å². The second kappa shape index (κ2) is 10.4. The van der Waals surface area contributed by atoms with E-state index >= 15 is 0 Å². The minimum absolute atomic E-state index is 0.178. The van der Waals surface area contributed by atoms with E-state index in [1.165, 1.54) is 12.1 Å². The molecule has 0 atom stereocenters. The Hall–Kier alpha value is -3.53. The number of morpholine rings is 1. The normalized spacial score (nSPS) is 13.9. The highest BCUT2D eigenvalue weighted by atomic mass is 32.2. The summed E-state index contributed by atoms with van der Waals surface area (Å²) in [4.78, 5) is 14.5. The van der Waals surface area contributed by atoms with Gasteiger partial charge in [-0.15, -0.1) is 0 Å². The number of anilines is 1. The Morgan fingerprint density at radius 1 is 0.943 bits per heavy atom. The summed E-state index contributed by atoms with van der Waals surface area (Å²) in [5, 5.41) is 0.926. The Labute approximate surface area is 203 Å². The molecule has 5 rings (SSSR count). The number of nitrogens with zero attached hydrogens (tertiary/aromatic N) is 2. The maximum absolute atomic E-state index is 12.4. The summed E-state index contributed by atoms with van der Waals surface area (Å²) in [6.45, 7) is 4.99. The molecule has 0 bridgehead atoms. The molecule has 4 aromatic rings. The Morgan fingerprint density at radius 3 is 2.23 bits per heavy atom. The second-order valence-electron chi connectivity index (χ2n) is 8.29. The molecule has 1 aliphatic heterocycles. The molecule has 0 N–H and O–H groups in total. The molecule has 1 fully saturated rings. The van der Waals surface area contributed by atoms with Crippen LogP contribution < -0.4 is 15.1 Å². The van der Waals surface area contributed by atoms with E-state index in [4.69, 9.17) is 9.15 Å². The van der Waals surface area contributed by atoms with Crippen LogP contribution in [-0.4, -0.2) is 39.3 Å². The van der Waals surface area contributed by atoms with Crippen LogP contribution in [0.25, 0.3) is 22.1 Å². The monoisotopic (exact) mass is 494 g/mol. The van der Waals surface area contributed by atoms with E-state index < -0.39 is 10.1 Å². The minimum atomic E-state index is -4.27. The van der Waals surface area contributed by atoms with Crippen LogP contribution in [0.2, 0.25) is 0 Å². The van der Waals surface area contributed by atoms with Crippen LogP contribution in [0.5, 0.6) is 0 Å². The summed E-state index contributed by atoms with van der Waals surface area (Å²) in [6.07, 6.45) is 3.83. The van der Waals surface area contributed by atoms with Crippen molar-refractivity contribution in [2.24, 2.45) is 7.05 Å². The maximum Gasteiger partial charge on any atom is 0.344 e.